The van der Waals surface area contributed by atoms with Crippen LogP contribution in [0.4, 0.5) is 0 Å². The number of para-hydroxylation sites is 1. The van der Waals surface area contributed by atoms with Crippen molar-refractivity contribution in [3.05, 3.63) is 48.3 Å². The van der Waals surface area contributed by atoms with E-state index in [9.17, 15) is 9.59 Å². The molecule has 0 saturated heterocycles. The van der Waals surface area contributed by atoms with Gasteiger partial charge in [-0.3, -0.25) is 9.59 Å². The molecule has 0 spiro atoms. The Labute approximate surface area is 141 Å². The molecule has 0 radical (unpaired) electrons. The summed E-state index contributed by atoms with van der Waals surface area (Å²) in [5, 5.41) is 6.95. The minimum absolute atomic E-state index is 0.0894. The molecular weight excluding hydrogens is 306 g/mol. The summed E-state index contributed by atoms with van der Waals surface area (Å²) in [5.74, 6) is -0.195. The summed E-state index contributed by atoms with van der Waals surface area (Å²) in [6, 6.07) is 9.62. The van der Waals surface area contributed by atoms with Gasteiger partial charge in [-0.25, -0.2) is 4.68 Å². The van der Waals surface area contributed by atoms with E-state index in [1.165, 1.54) is 0 Å². The van der Waals surface area contributed by atoms with Crippen molar-refractivity contribution in [3.63, 3.8) is 0 Å². The normalized spacial score (nSPS) is 10.6. The van der Waals surface area contributed by atoms with Gasteiger partial charge in [0, 0.05) is 18.3 Å². The minimum atomic E-state index is -0.443. The minimum Gasteiger partial charge on any atom is -0.455 e. The molecule has 128 valence electrons. The molecule has 1 amide bonds. The number of hydrogen-bond acceptors (Lipinski definition) is 4. The molecule has 0 aliphatic rings. The maximum absolute atomic E-state index is 11.8. The number of nitrogens with zero attached hydrogens (tertiary/aromatic N) is 2. The van der Waals surface area contributed by atoms with Crippen LogP contribution in [-0.4, -0.2) is 34.8 Å². The van der Waals surface area contributed by atoms with Gasteiger partial charge >= 0.3 is 5.97 Å². The van der Waals surface area contributed by atoms with Crippen LogP contribution in [0, 0.1) is 5.92 Å². The maximum atomic E-state index is 11.8. The number of carbonyl (C=O) groups is 2. The highest BCUT2D eigenvalue weighted by atomic mass is 16.5. The Morgan fingerprint density at radius 1 is 1.25 bits per heavy atom. The van der Waals surface area contributed by atoms with Gasteiger partial charge in [0.05, 0.1) is 18.3 Å². The van der Waals surface area contributed by atoms with E-state index < -0.39 is 5.97 Å². The second-order valence-electron chi connectivity index (χ2n) is 6.00. The second-order valence-corrected chi connectivity index (χ2v) is 6.00. The van der Waals surface area contributed by atoms with Crippen LogP contribution < -0.4 is 5.32 Å². The van der Waals surface area contributed by atoms with Gasteiger partial charge in [0.15, 0.2) is 6.61 Å². The van der Waals surface area contributed by atoms with Crippen molar-refractivity contribution in [1.29, 1.82) is 0 Å². The van der Waals surface area contributed by atoms with Crippen molar-refractivity contribution in [1.82, 2.24) is 15.1 Å². The fraction of sp³-hybridized carbons (Fsp3) is 0.389. The molecule has 24 heavy (non-hydrogen) atoms. The summed E-state index contributed by atoms with van der Waals surface area (Å²) >= 11 is 0. The zero-order valence-electron chi connectivity index (χ0n) is 14.1. The molecule has 1 aromatic heterocycles. The number of benzene rings is 1. The van der Waals surface area contributed by atoms with Gasteiger partial charge in [-0.2, -0.15) is 5.10 Å². The first-order valence-corrected chi connectivity index (χ1v) is 8.06. The number of nitrogens with one attached hydrogen (secondary N) is 1. The van der Waals surface area contributed by atoms with E-state index in [4.69, 9.17) is 4.74 Å². The Balaban J connectivity index is 1.75. The Morgan fingerprint density at radius 3 is 2.71 bits per heavy atom. The summed E-state index contributed by atoms with van der Waals surface area (Å²) in [5.41, 5.74) is 1.66. The van der Waals surface area contributed by atoms with Crippen molar-refractivity contribution < 1.29 is 14.3 Å². The zero-order valence-corrected chi connectivity index (χ0v) is 14.1. The Morgan fingerprint density at radius 2 is 2.00 bits per heavy atom. The number of amides is 1. The fourth-order valence-corrected chi connectivity index (χ4v) is 2.09. The van der Waals surface area contributed by atoms with Crippen LogP contribution in [0.5, 0.6) is 0 Å². The summed E-state index contributed by atoms with van der Waals surface area (Å²) in [7, 11) is 0. The van der Waals surface area contributed by atoms with E-state index in [1.54, 1.807) is 17.1 Å². The van der Waals surface area contributed by atoms with Gasteiger partial charge in [-0.15, -0.1) is 0 Å². The van der Waals surface area contributed by atoms with E-state index in [0.29, 0.717) is 12.5 Å². The predicted octanol–water partition coefficient (Wildman–Crippen LogP) is 2.12. The third-order valence-electron chi connectivity index (χ3n) is 3.41. The van der Waals surface area contributed by atoms with Crippen LogP contribution in [0.2, 0.25) is 0 Å². The van der Waals surface area contributed by atoms with Crippen molar-refractivity contribution >= 4 is 11.9 Å². The van der Waals surface area contributed by atoms with Crippen LogP contribution in [-0.2, 0) is 20.7 Å². The van der Waals surface area contributed by atoms with Gasteiger partial charge in [0.2, 0.25) is 0 Å². The van der Waals surface area contributed by atoms with Gasteiger partial charge < -0.3 is 10.1 Å². The number of carbonyl (C=O) groups excluding carboxylic acids is 2. The molecule has 2 aromatic rings. The maximum Gasteiger partial charge on any atom is 0.310 e. The van der Waals surface area contributed by atoms with Crippen LogP contribution in [0.1, 0.15) is 25.8 Å². The van der Waals surface area contributed by atoms with E-state index in [-0.39, 0.29) is 18.9 Å². The topological polar surface area (TPSA) is 73.2 Å². The van der Waals surface area contributed by atoms with Crippen LogP contribution in [0.15, 0.2) is 42.7 Å². The molecule has 0 aliphatic heterocycles. The third kappa shape index (κ3) is 5.87. The van der Waals surface area contributed by atoms with Gasteiger partial charge in [0.1, 0.15) is 0 Å². The number of rotatable bonds is 8. The predicted molar refractivity (Wildman–Crippen MR) is 90.7 cm³/mol. The zero-order chi connectivity index (χ0) is 17.4. The molecule has 6 nitrogen and oxygen atoms in total. The van der Waals surface area contributed by atoms with Crippen molar-refractivity contribution in [2.45, 2.75) is 26.7 Å². The molecule has 0 saturated carbocycles. The molecular formula is C18H23N3O3. The van der Waals surface area contributed by atoms with Crippen molar-refractivity contribution in [2.75, 3.05) is 13.2 Å². The quantitative estimate of drug-likeness (QED) is 0.753. The average Bonchev–Trinajstić information content (AvgIpc) is 3.02. The lowest BCUT2D eigenvalue weighted by Gasteiger charge is -2.07. The third-order valence-corrected chi connectivity index (χ3v) is 3.41. The molecule has 0 atom stereocenters. The van der Waals surface area contributed by atoms with E-state index in [1.807, 2.05) is 30.3 Å². The Hall–Kier alpha value is -2.63. The Kier molecular flexibility index (Phi) is 6.54. The first-order valence-electron chi connectivity index (χ1n) is 8.06. The summed E-state index contributed by atoms with van der Waals surface area (Å²) in [6.07, 6.45) is 4.39. The lowest BCUT2D eigenvalue weighted by atomic mass is 10.1. The fourth-order valence-electron chi connectivity index (χ4n) is 2.09. The summed E-state index contributed by atoms with van der Waals surface area (Å²) < 4.78 is 6.69. The molecule has 1 heterocycles. The standard InChI is InChI=1S/C18H23N3O3/c1-14(2)8-9-19-17(22)13-24-18(23)10-15-11-20-21(12-15)16-6-4-3-5-7-16/h3-7,11-12,14H,8-10,13H2,1-2H3,(H,19,22). The molecule has 0 unspecified atom stereocenters. The number of esters is 1. The van der Waals surface area contributed by atoms with E-state index >= 15 is 0 Å². The molecule has 1 aromatic carbocycles. The largest absolute Gasteiger partial charge is 0.455 e. The van der Waals surface area contributed by atoms with E-state index in [0.717, 1.165) is 17.7 Å². The lowest BCUT2D eigenvalue weighted by Crippen LogP contribution is -2.30. The van der Waals surface area contributed by atoms with Crippen molar-refractivity contribution in [3.8, 4) is 5.69 Å². The molecule has 6 heteroatoms. The highest BCUT2D eigenvalue weighted by Gasteiger charge is 2.10. The SMILES string of the molecule is CC(C)CCNC(=O)COC(=O)Cc1cnn(-c2ccccc2)c1. The average molecular weight is 329 g/mol. The molecule has 1 N–H and O–H groups in total. The van der Waals surface area contributed by atoms with Crippen molar-refractivity contribution in [2.24, 2.45) is 5.92 Å². The number of ether oxygens (including phenoxy) is 1. The molecule has 0 fully saturated rings. The van der Waals surface area contributed by atoms with Gasteiger partial charge in [-0.05, 0) is 24.5 Å². The first kappa shape index (κ1) is 17.7. The summed E-state index contributed by atoms with van der Waals surface area (Å²) in [4.78, 5) is 23.4. The van der Waals surface area contributed by atoms with Crippen LogP contribution in [0.3, 0.4) is 0 Å². The smallest absolute Gasteiger partial charge is 0.310 e. The second kappa shape index (κ2) is 8.86. The number of aromatic nitrogens is 2. The first-order chi connectivity index (χ1) is 11.5. The number of hydrogen-bond donors (Lipinski definition) is 1. The summed E-state index contributed by atoms with van der Waals surface area (Å²) in [6.45, 7) is 4.52. The molecule has 0 aliphatic carbocycles. The van der Waals surface area contributed by atoms with Gasteiger partial charge in [0.25, 0.3) is 5.91 Å². The Bertz CT molecular complexity index is 665. The highest BCUT2D eigenvalue weighted by Crippen LogP contribution is 2.08. The lowest BCUT2D eigenvalue weighted by molar-refractivity contribution is -0.147. The monoisotopic (exact) mass is 329 g/mol. The molecule has 2 rings (SSSR count). The highest BCUT2D eigenvalue weighted by molar-refractivity contribution is 5.81. The van der Waals surface area contributed by atoms with Gasteiger partial charge in [-0.1, -0.05) is 32.0 Å². The van der Waals surface area contributed by atoms with Crippen LogP contribution in [0.25, 0.3) is 5.69 Å². The van der Waals surface area contributed by atoms with E-state index in [2.05, 4.69) is 24.3 Å². The molecule has 0 bridgehead atoms. The van der Waals surface area contributed by atoms with Crippen LogP contribution >= 0.6 is 0 Å².